The van der Waals surface area contributed by atoms with Crippen molar-refractivity contribution in [2.45, 2.75) is 9.79 Å². The first-order valence-corrected chi connectivity index (χ1v) is 19.0. The highest BCUT2D eigenvalue weighted by Crippen LogP contribution is 2.52. The standard InChI is InChI=1S/C50H30N2S/c1-2-14-34(15-3-1)51-44-22-9-7-18-40(44)49-41-20-11-19-39-38-27-25-33(29-47(38)53-48(50(39)41)30-46(49)51)32-24-26-37-36-17-6-8-21-43(36)52(45(37)28-32)42-23-10-13-31-12-4-5-16-35(31)42/h1-30H. The second kappa shape index (κ2) is 11.0. The highest BCUT2D eigenvalue weighted by molar-refractivity contribution is 7.99. The first-order valence-electron chi connectivity index (χ1n) is 18.2. The predicted octanol–water partition coefficient (Wildman–Crippen LogP) is 14.0. The van der Waals surface area contributed by atoms with Gasteiger partial charge in [0.2, 0.25) is 0 Å². The maximum absolute atomic E-state index is 2.46. The molecule has 0 amide bonds. The number of hydrogen-bond donors (Lipinski definition) is 0. The Morgan fingerprint density at radius 3 is 1.89 bits per heavy atom. The molecule has 0 saturated carbocycles. The molecule has 2 nitrogen and oxygen atoms in total. The van der Waals surface area contributed by atoms with Gasteiger partial charge in [-0.2, -0.15) is 0 Å². The molecule has 0 bridgehead atoms. The Balaban J connectivity index is 1.06. The van der Waals surface area contributed by atoms with Crippen molar-refractivity contribution in [1.29, 1.82) is 0 Å². The van der Waals surface area contributed by atoms with Crippen LogP contribution in [0.1, 0.15) is 0 Å². The highest BCUT2D eigenvalue weighted by Gasteiger charge is 2.24. The lowest BCUT2D eigenvalue weighted by atomic mass is 9.93. The molecule has 53 heavy (non-hydrogen) atoms. The van der Waals surface area contributed by atoms with Gasteiger partial charge in [-0.1, -0.05) is 145 Å². The lowest BCUT2D eigenvalue weighted by molar-refractivity contribution is 1.18. The highest BCUT2D eigenvalue weighted by atomic mass is 32.2. The van der Waals surface area contributed by atoms with Crippen LogP contribution < -0.4 is 0 Å². The topological polar surface area (TPSA) is 9.86 Å². The normalized spacial score (nSPS) is 12.5. The van der Waals surface area contributed by atoms with Crippen LogP contribution in [-0.4, -0.2) is 9.13 Å². The van der Waals surface area contributed by atoms with Crippen LogP contribution in [0.5, 0.6) is 0 Å². The van der Waals surface area contributed by atoms with Crippen molar-refractivity contribution in [2.24, 2.45) is 0 Å². The summed E-state index contributed by atoms with van der Waals surface area (Å²) in [5, 5.41) is 10.3. The van der Waals surface area contributed by atoms with Crippen molar-refractivity contribution in [3.8, 4) is 33.6 Å². The molecule has 0 N–H and O–H groups in total. The third kappa shape index (κ3) is 4.11. The van der Waals surface area contributed by atoms with Gasteiger partial charge in [-0.05, 0) is 81.6 Å². The average Bonchev–Trinajstić information content (AvgIpc) is 3.73. The summed E-state index contributed by atoms with van der Waals surface area (Å²) in [6, 6.07) is 67.1. The summed E-state index contributed by atoms with van der Waals surface area (Å²) in [5.74, 6) is 0. The SMILES string of the molecule is c1ccc(-n2c3ccccc3c3c4cccc5c4c(cc32)Sc2cc(-c3ccc4c6ccccc6n(-c6cccc7ccccc67)c4c3)ccc2-5)cc1. The molecule has 0 spiro atoms. The monoisotopic (exact) mass is 690 g/mol. The molecule has 9 aromatic carbocycles. The first kappa shape index (κ1) is 29.1. The quantitative estimate of drug-likeness (QED) is 0.179. The maximum atomic E-state index is 2.46. The average molecular weight is 691 g/mol. The smallest absolute Gasteiger partial charge is 0.0558 e. The molecule has 3 heterocycles. The Labute approximate surface area is 310 Å². The molecule has 0 aliphatic carbocycles. The van der Waals surface area contributed by atoms with Gasteiger partial charge in [-0.25, -0.2) is 0 Å². The second-order valence-electron chi connectivity index (χ2n) is 14.1. The van der Waals surface area contributed by atoms with Crippen LogP contribution in [0.4, 0.5) is 0 Å². The summed E-state index contributed by atoms with van der Waals surface area (Å²) in [5.41, 5.74) is 12.4. The van der Waals surface area contributed by atoms with Crippen LogP contribution in [-0.2, 0) is 0 Å². The predicted molar refractivity (Wildman–Crippen MR) is 225 cm³/mol. The van der Waals surface area contributed by atoms with Gasteiger partial charge in [0.25, 0.3) is 0 Å². The molecule has 0 fully saturated rings. The number of benzene rings is 9. The van der Waals surface area contributed by atoms with E-state index in [0.29, 0.717) is 0 Å². The van der Waals surface area contributed by atoms with Gasteiger partial charge in [0.05, 0.1) is 27.8 Å². The molecule has 3 heteroatoms. The number of nitrogens with zero attached hydrogens (tertiary/aromatic N) is 2. The molecular formula is C50H30N2S. The Bertz CT molecular complexity index is 3310. The van der Waals surface area contributed by atoms with Crippen LogP contribution in [0, 0.1) is 0 Å². The fourth-order valence-electron chi connectivity index (χ4n) is 9.00. The first-order chi connectivity index (χ1) is 26.3. The molecule has 1 aliphatic heterocycles. The molecule has 246 valence electrons. The third-order valence-electron chi connectivity index (χ3n) is 11.3. The fraction of sp³-hybridized carbons (Fsp3) is 0. The van der Waals surface area contributed by atoms with Crippen LogP contribution in [0.3, 0.4) is 0 Å². The molecular weight excluding hydrogens is 661 g/mol. The summed E-state index contributed by atoms with van der Waals surface area (Å²) in [7, 11) is 0. The number of para-hydroxylation sites is 3. The van der Waals surface area contributed by atoms with E-state index >= 15 is 0 Å². The van der Waals surface area contributed by atoms with Gasteiger partial charge in [-0.15, -0.1) is 0 Å². The molecule has 2 aromatic heterocycles. The third-order valence-corrected chi connectivity index (χ3v) is 12.4. The van der Waals surface area contributed by atoms with Crippen molar-refractivity contribution in [1.82, 2.24) is 9.13 Å². The van der Waals surface area contributed by atoms with Crippen LogP contribution >= 0.6 is 11.8 Å². The zero-order valence-corrected chi connectivity index (χ0v) is 29.4. The van der Waals surface area contributed by atoms with Gasteiger partial charge in [0.15, 0.2) is 0 Å². The summed E-state index contributed by atoms with van der Waals surface area (Å²) in [4.78, 5) is 2.60. The minimum absolute atomic E-state index is 1.18. The van der Waals surface area contributed by atoms with E-state index in [0.717, 1.165) is 0 Å². The van der Waals surface area contributed by atoms with Crippen molar-refractivity contribution in [2.75, 3.05) is 0 Å². The summed E-state index contributed by atoms with van der Waals surface area (Å²) < 4.78 is 4.89. The van der Waals surface area contributed by atoms with E-state index in [1.165, 1.54) is 109 Å². The van der Waals surface area contributed by atoms with Gasteiger partial charge < -0.3 is 9.13 Å². The zero-order valence-electron chi connectivity index (χ0n) is 28.6. The Hall–Kier alpha value is -6.55. The Kier molecular flexibility index (Phi) is 6.02. The molecule has 0 saturated heterocycles. The Morgan fingerprint density at radius 1 is 0.340 bits per heavy atom. The Morgan fingerprint density at radius 2 is 1.00 bits per heavy atom. The lowest BCUT2D eigenvalue weighted by Crippen LogP contribution is -1.97. The number of rotatable bonds is 3. The van der Waals surface area contributed by atoms with Gasteiger partial charge in [0, 0.05) is 47.8 Å². The van der Waals surface area contributed by atoms with Gasteiger partial charge in [0.1, 0.15) is 0 Å². The molecule has 0 atom stereocenters. The van der Waals surface area contributed by atoms with E-state index in [4.69, 9.17) is 0 Å². The molecule has 0 radical (unpaired) electrons. The minimum Gasteiger partial charge on any atom is -0.309 e. The largest absolute Gasteiger partial charge is 0.309 e. The molecule has 1 aliphatic rings. The van der Waals surface area contributed by atoms with Crippen molar-refractivity contribution >= 4 is 76.9 Å². The van der Waals surface area contributed by atoms with E-state index in [9.17, 15) is 0 Å². The maximum Gasteiger partial charge on any atom is 0.0558 e. The summed E-state index contributed by atoms with van der Waals surface area (Å²) in [6.07, 6.45) is 0. The lowest BCUT2D eigenvalue weighted by Gasteiger charge is -2.22. The molecule has 12 rings (SSSR count). The van der Waals surface area contributed by atoms with Crippen molar-refractivity contribution in [3.05, 3.63) is 182 Å². The number of fused-ring (bicyclic) bond motifs is 10. The fourth-order valence-corrected chi connectivity index (χ4v) is 10.2. The zero-order chi connectivity index (χ0) is 34.6. The number of aromatic nitrogens is 2. The summed E-state index contributed by atoms with van der Waals surface area (Å²) >= 11 is 1.90. The van der Waals surface area contributed by atoms with Gasteiger partial charge >= 0.3 is 0 Å². The van der Waals surface area contributed by atoms with Crippen LogP contribution in [0.15, 0.2) is 192 Å². The van der Waals surface area contributed by atoms with E-state index in [-0.39, 0.29) is 0 Å². The van der Waals surface area contributed by atoms with E-state index in [1.54, 1.807) is 0 Å². The van der Waals surface area contributed by atoms with E-state index in [1.807, 2.05) is 11.8 Å². The van der Waals surface area contributed by atoms with Crippen LogP contribution in [0.2, 0.25) is 0 Å². The van der Waals surface area contributed by atoms with Crippen LogP contribution in [0.25, 0.3) is 98.8 Å². The van der Waals surface area contributed by atoms with Crippen molar-refractivity contribution in [3.63, 3.8) is 0 Å². The number of hydrogen-bond acceptors (Lipinski definition) is 1. The van der Waals surface area contributed by atoms with Gasteiger partial charge in [-0.3, -0.25) is 0 Å². The minimum atomic E-state index is 1.18. The molecule has 0 unspecified atom stereocenters. The van der Waals surface area contributed by atoms with E-state index < -0.39 is 0 Å². The van der Waals surface area contributed by atoms with E-state index in [2.05, 4.69) is 191 Å². The summed E-state index contributed by atoms with van der Waals surface area (Å²) in [6.45, 7) is 0. The molecule has 11 aromatic rings. The van der Waals surface area contributed by atoms with Crippen molar-refractivity contribution < 1.29 is 0 Å². The second-order valence-corrected chi connectivity index (χ2v) is 15.2.